The van der Waals surface area contributed by atoms with E-state index >= 15 is 0 Å². The van der Waals surface area contributed by atoms with Crippen molar-refractivity contribution < 1.29 is 14.7 Å². The normalized spacial score (nSPS) is 14.0. The quantitative estimate of drug-likeness (QED) is 0.429. The maximum atomic E-state index is 12.7. The van der Waals surface area contributed by atoms with E-state index in [1.54, 1.807) is 5.82 Å². The zero-order chi connectivity index (χ0) is 22.4. The first-order valence-electron chi connectivity index (χ1n) is 9.61. The second kappa shape index (κ2) is 10.8. The van der Waals surface area contributed by atoms with Gasteiger partial charge in [0.05, 0.1) is 12.2 Å². The van der Waals surface area contributed by atoms with Gasteiger partial charge >= 0.3 is 5.97 Å². The summed E-state index contributed by atoms with van der Waals surface area (Å²) in [4.78, 5) is 29.0. The van der Waals surface area contributed by atoms with Crippen molar-refractivity contribution in [3.63, 3.8) is 0 Å². The van der Waals surface area contributed by atoms with Gasteiger partial charge in [-0.1, -0.05) is 43.9 Å². The van der Waals surface area contributed by atoms with E-state index in [1.165, 1.54) is 11.9 Å². The van der Waals surface area contributed by atoms with Crippen LogP contribution in [0.3, 0.4) is 0 Å². The Morgan fingerprint density at radius 2 is 1.97 bits per heavy atom. The van der Waals surface area contributed by atoms with Crippen molar-refractivity contribution in [1.82, 2.24) is 5.32 Å². The van der Waals surface area contributed by atoms with Gasteiger partial charge in [-0.3, -0.25) is 4.79 Å². The van der Waals surface area contributed by atoms with Crippen LogP contribution in [0.4, 0.5) is 5.69 Å². The Labute approximate surface area is 192 Å². The third-order valence-corrected chi connectivity index (χ3v) is 7.09. The zero-order valence-electron chi connectivity index (χ0n) is 17.2. The zero-order valence-corrected chi connectivity index (χ0v) is 19.8. The van der Waals surface area contributed by atoms with Crippen molar-refractivity contribution in [1.29, 1.82) is 0 Å². The SMILES string of the molecule is Cc1ccc(SN(CC(=O)NCC2=NC(C(=O)O)=CPC2)c2cccc(Cl)c2C)cc1. The Bertz CT molecular complexity index is 1040. The molecule has 2 aromatic rings. The van der Waals surface area contributed by atoms with Crippen LogP contribution in [0.15, 0.2) is 63.9 Å². The standard InChI is InChI=1S/C22H23ClN3O3PS/c1-14-6-8-17(9-7-14)31-26(20-5-3-4-18(23)15(20)2)11-21(27)24-10-16-12-30-13-19(25-16)22(28)29/h3-9,13,30H,10-12H2,1-2H3,(H,24,27)(H,28,29). The number of nitrogens with one attached hydrogen (secondary N) is 1. The Hall–Kier alpha value is -2.34. The van der Waals surface area contributed by atoms with E-state index < -0.39 is 5.97 Å². The number of hydrogen-bond donors (Lipinski definition) is 2. The average Bonchev–Trinajstić information content (AvgIpc) is 2.75. The maximum absolute atomic E-state index is 12.7. The van der Waals surface area contributed by atoms with Gasteiger partial charge in [-0.2, -0.15) is 0 Å². The molecule has 0 fully saturated rings. The predicted molar refractivity (Wildman–Crippen MR) is 130 cm³/mol. The molecule has 162 valence electrons. The lowest BCUT2D eigenvalue weighted by molar-refractivity contribution is -0.132. The monoisotopic (exact) mass is 475 g/mol. The fraction of sp³-hybridized carbons (Fsp3) is 0.227. The van der Waals surface area contributed by atoms with E-state index in [9.17, 15) is 9.59 Å². The van der Waals surface area contributed by atoms with E-state index in [0.29, 0.717) is 25.5 Å². The summed E-state index contributed by atoms with van der Waals surface area (Å²) in [5, 5.41) is 12.6. The van der Waals surface area contributed by atoms with Gasteiger partial charge in [0.2, 0.25) is 5.91 Å². The van der Waals surface area contributed by atoms with Crippen molar-refractivity contribution in [3.8, 4) is 0 Å². The molecule has 1 atom stereocenters. The summed E-state index contributed by atoms with van der Waals surface area (Å²) >= 11 is 7.78. The van der Waals surface area contributed by atoms with Gasteiger partial charge in [0, 0.05) is 21.8 Å². The molecule has 1 aliphatic rings. The first kappa shape index (κ1) is 23.3. The molecule has 2 aromatic carbocycles. The molecule has 0 saturated heterocycles. The van der Waals surface area contributed by atoms with Crippen molar-refractivity contribution in [3.05, 3.63) is 70.1 Å². The molecule has 0 aliphatic carbocycles. The van der Waals surface area contributed by atoms with Crippen LogP contribution in [0.25, 0.3) is 0 Å². The molecule has 0 saturated carbocycles. The number of anilines is 1. The van der Waals surface area contributed by atoms with Crippen LogP contribution in [-0.4, -0.2) is 41.9 Å². The molecule has 0 aromatic heterocycles. The number of carboxylic acids is 1. The molecule has 9 heteroatoms. The first-order chi connectivity index (χ1) is 14.8. The summed E-state index contributed by atoms with van der Waals surface area (Å²) in [6, 6.07) is 13.7. The summed E-state index contributed by atoms with van der Waals surface area (Å²) in [5.74, 6) is 0.389. The number of carbonyl (C=O) groups excluding carboxylic acids is 1. The molecular formula is C22H23ClN3O3PS. The van der Waals surface area contributed by atoms with Crippen LogP contribution in [0.5, 0.6) is 0 Å². The molecule has 31 heavy (non-hydrogen) atoms. The largest absolute Gasteiger partial charge is 0.477 e. The molecule has 3 rings (SSSR count). The molecule has 1 heterocycles. The van der Waals surface area contributed by atoms with E-state index in [2.05, 4.69) is 10.3 Å². The van der Waals surface area contributed by atoms with Gasteiger partial charge < -0.3 is 14.7 Å². The Morgan fingerprint density at radius 1 is 1.23 bits per heavy atom. The highest BCUT2D eigenvalue weighted by Crippen LogP contribution is 2.34. The first-order valence-corrected chi connectivity index (χ1v) is 12.0. The predicted octanol–water partition coefficient (Wildman–Crippen LogP) is 4.65. The number of hydrogen-bond acceptors (Lipinski definition) is 5. The van der Waals surface area contributed by atoms with Gasteiger partial charge in [-0.15, -0.1) is 0 Å². The van der Waals surface area contributed by atoms with Gasteiger partial charge in [-0.05, 0) is 61.4 Å². The Morgan fingerprint density at radius 3 is 2.68 bits per heavy atom. The highest BCUT2D eigenvalue weighted by atomic mass is 35.5. The van der Waals surface area contributed by atoms with E-state index in [-0.39, 0.29) is 24.7 Å². The molecule has 0 radical (unpaired) electrons. The topological polar surface area (TPSA) is 82.0 Å². The lowest BCUT2D eigenvalue weighted by atomic mass is 10.2. The number of carboxylic acid groups (broad SMARTS) is 1. The van der Waals surface area contributed by atoms with E-state index in [4.69, 9.17) is 16.7 Å². The van der Waals surface area contributed by atoms with Gasteiger partial charge in [0.25, 0.3) is 0 Å². The van der Waals surface area contributed by atoms with Crippen molar-refractivity contribution in [2.24, 2.45) is 4.99 Å². The van der Waals surface area contributed by atoms with Gasteiger partial charge in [-0.25, -0.2) is 9.79 Å². The molecule has 0 bridgehead atoms. The van der Waals surface area contributed by atoms with Crippen molar-refractivity contribution >= 4 is 55.4 Å². The number of halogens is 1. The number of benzene rings is 2. The summed E-state index contributed by atoms with van der Waals surface area (Å²) < 4.78 is 1.91. The molecule has 2 N–H and O–H groups in total. The van der Waals surface area contributed by atoms with E-state index in [1.807, 2.05) is 60.6 Å². The van der Waals surface area contributed by atoms with Gasteiger partial charge in [0.1, 0.15) is 12.2 Å². The molecule has 1 unspecified atom stereocenters. The number of aliphatic imine (C=N–C) groups is 1. The van der Waals surface area contributed by atoms with E-state index in [0.717, 1.165) is 21.7 Å². The number of amides is 1. The molecule has 1 amide bonds. The van der Waals surface area contributed by atoms with Crippen molar-refractivity contribution in [2.45, 2.75) is 18.7 Å². The second-order valence-electron chi connectivity index (χ2n) is 7.00. The fourth-order valence-corrected chi connectivity index (χ4v) is 4.95. The van der Waals surface area contributed by atoms with Crippen LogP contribution in [0.2, 0.25) is 5.02 Å². The average molecular weight is 476 g/mol. The minimum Gasteiger partial charge on any atom is -0.477 e. The number of nitrogens with zero attached hydrogens (tertiary/aromatic N) is 2. The second-order valence-corrected chi connectivity index (χ2v) is 9.55. The summed E-state index contributed by atoms with van der Waals surface area (Å²) in [7, 11) is 0.355. The minimum atomic E-state index is -1.05. The Kier molecular flexibility index (Phi) is 8.13. The Balaban J connectivity index is 1.72. The van der Waals surface area contributed by atoms with Gasteiger partial charge in [0.15, 0.2) is 0 Å². The maximum Gasteiger partial charge on any atom is 0.354 e. The van der Waals surface area contributed by atoms with Crippen LogP contribution >= 0.6 is 32.1 Å². The summed E-state index contributed by atoms with van der Waals surface area (Å²) in [5.41, 5.74) is 3.63. The smallest absolute Gasteiger partial charge is 0.354 e. The summed E-state index contributed by atoms with van der Waals surface area (Å²) in [6.07, 6.45) is 0.659. The van der Waals surface area contributed by atoms with Crippen molar-refractivity contribution in [2.75, 3.05) is 23.6 Å². The highest BCUT2D eigenvalue weighted by molar-refractivity contribution is 8.00. The molecule has 0 spiro atoms. The molecule has 6 nitrogen and oxygen atoms in total. The fourth-order valence-electron chi connectivity index (χ4n) is 2.87. The van der Waals surface area contributed by atoms with Crippen LogP contribution in [-0.2, 0) is 9.59 Å². The lowest BCUT2D eigenvalue weighted by Gasteiger charge is -2.25. The molecule has 1 aliphatic heterocycles. The minimum absolute atomic E-state index is 0.0416. The molecular weight excluding hydrogens is 453 g/mol. The lowest BCUT2D eigenvalue weighted by Crippen LogP contribution is -2.37. The number of rotatable bonds is 8. The van der Waals surface area contributed by atoms with Crippen LogP contribution in [0.1, 0.15) is 11.1 Å². The third kappa shape index (κ3) is 6.57. The van der Waals surface area contributed by atoms with Crippen LogP contribution in [0, 0.1) is 13.8 Å². The number of carbonyl (C=O) groups is 2. The number of aliphatic carboxylic acids is 1. The highest BCUT2D eigenvalue weighted by Gasteiger charge is 2.18. The number of aryl methyl sites for hydroxylation is 1. The third-order valence-electron chi connectivity index (χ3n) is 4.56. The summed E-state index contributed by atoms with van der Waals surface area (Å²) in [6.45, 7) is 4.29. The van der Waals surface area contributed by atoms with Crippen LogP contribution < -0.4 is 9.62 Å².